The van der Waals surface area contributed by atoms with Gasteiger partial charge in [-0.1, -0.05) is 41.9 Å². The summed E-state index contributed by atoms with van der Waals surface area (Å²) in [5.41, 5.74) is 6.92. The third-order valence-electron chi connectivity index (χ3n) is 4.31. The van der Waals surface area contributed by atoms with Crippen LogP contribution in [0, 0.1) is 0 Å². The molecule has 4 N–H and O–H groups in total. The lowest BCUT2D eigenvalue weighted by Gasteiger charge is -2.14. The molecule has 0 aliphatic heterocycles. The van der Waals surface area contributed by atoms with Crippen LogP contribution in [0.5, 0.6) is 0 Å². The van der Waals surface area contributed by atoms with E-state index < -0.39 is 17.9 Å². The Morgan fingerprint density at radius 2 is 1.93 bits per heavy atom. The summed E-state index contributed by atoms with van der Waals surface area (Å²) >= 11 is 5.92. The van der Waals surface area contributed by atoms with Gasteiger partial charge in [0.1, 0.15) is 12.6 Å². The minimum Gasteiger partial charge on any atom is -0.364 e. The lowest BCUT2D eigenvalue weighted by Crippen LogP contribution is -2.45. The third kappa shape index (κ3) is 4.91. The molecular weight excluding hydrogens is 394 g/mol. The molecule has 150 valence electrons. The van der Waals surface area contributed by atoms with Crippen LogP contribution in [0.15, 0.2) is 48.5 Å². The van der Waals surface area contributed by atoms with E-state index >= 15 is 0 Å². The summed E-state index contributed by atoms with van der Waals surface area (Å²) in [6.07, 6.45) is 0. The second-order valence-corrected chi connectivity index (χ2v) is 6.96. The van der Waals surface area contributed by atoms with E-state index in [-0.39, 0.29) is 18.1 Å². The first-order valence-corrected chi connectivity index (χ1v) is 9.30. The average molecular weight is 414 g/mol. The second-order valence-electron chi connectivity index (χ2n) is 6.52. The van der Waals surface area contributed by atoms with Crippen LogP contribution >= 0.6 is 11.6 Å². The lowest BCUT2D eigenvalue weighted by atomic mass is 10.2. The molecule has 0 aliphatic carbocycles. The SMILES string of the molecule is C[C@H](NC(=O)Cn1nc(C(N)=O)c2ccccc21)C(=O)NCc1cccc(Cl)c1. The van der Waals surface area contributed by atoms with Crippen molar-refractivity contribution in [2.24, 2.45) is 5.73 Å². The summed E-state index contributed by atoms with van der Waals surface area (Å²) in [5, 5.41) is 10.7. The van der Waals surface area contributed by atoms with Crippen LogP contribution < -0.4 is 16.4 Å². The van der Waals surface area contributed by atoms with E-state index in [1.165, 1.54) is 4.68 Å². The minimum atomic E-state index is -0.751. The second kappa shape index (κ2) is 8.74. The zero-order valence-corrected chi connectivity index (χ0v) is 16.4. The highest BCUT2D eigenvalue weighted by atomic mass is 35.5. The molecule has 0 saturated carbocycles. The van der Waals surface area contributed by atoms with Gasteiger partial charge in [-0.05, 0) is 30.7 Å². The van der Waals surface area contributed by atoms with Crippen LogP contribution in [0.3, 0.4) is 0 Å². The van der Waals surface area contributed by atoms with Crippen LogP contribution in [-0.2, 0) is 22.7 Å². The molecule has 0 saturated heterocycles. The average Bonchev–Trinajstić information content (AvgIpc) is 3.05. The topological polar surface area (TPSA) is 119 Å². The third-order valence-corrected chi connectivity index (χ3v) is 4.55. The maximum absolute atomic E-state index is 12.4. The van der Waals surface area contributed by atoms with E-state index in [1.54, 1.807) is 49.4 Å². The summed E-state index contributed by atoms with van der Waals surface area (Å²) in [6.45, 7) is 1.73. The first kappa shape index (κ1) is 20.3. The zero-order chi connectivity index (χ0) is 21.0. The van der Waals surface area contributed by atoms with E-state index in [0.29, 0.717) is 22.5 Å². The fourth-order valence-corrected chi connectivity index (χ4v) is 3.12. The number of benzene rings is 2. The summed E-state index contributed by atoms with van der Waals surface area (Å²) < 4.78 is 1.39. The number of fused-ring (bicyclic) bond motifs is 1. The number of nitrogens with one attached hydrogen (secondary N) is 2. The number of carbonyl (C=O) groups is 3. The standard InChI is InChI=1S/C20H20ClN5O3/c1-12(20(29)23-10-13-5-4-6-14(21)9-13)24-17(27)11-26-16-8-3-2-7-15(16)18(25-26)19(22)28/h2-9,12H,10-11H2,1H3,(H2,22,28)(H,23,29)(H,24,27)/t12-/m0/s1. The molecule has 0 aliphatic rings. The van der Waals surface area contributed by atoms with E-state index in [9.17, 15) is 14.4 Å². The number of hydrogen-bond acceptors (Lipinski definition) is 4. The maximum atomic E-state index is 12.4. The van der Waals surface area contributed by atoms with Crippen molar-refractivity contribution in [3.8, 4) is 0 Å². The van der Waals surface area contributed by atoms with Gasteiger partial charge in [0.25, 0.3) is 5.91 Å². The van der Waals surface area contributed by atoms with E-state index in [1.807, 2.05) is 6.07 Å². The van der Waals surface area contributed by atoms with Crippen LogP contribution in [-0.4, -0.2) is 33.5 Å². The number of halogens is 1. The molecule has 3 aromatic rings. The molecule has 0 fully saturated rings. The van der Waals surface area contributed by atoms with Crippen molar-refractivity contribution in [3.05, 3.63) is 64.8 Å². The Bertz CT molecular complexity index is 1080. The normalized spacial score (nSPS) is 11.8. The molecule has 1 atom stereocenters. The van der Waals surface area contributed by atoms with Crippen molar-refractivity contribution >= 4 is 40.2 Å². The summed E-state index contributed by atoms with van der Waals surface area (Å²) in [4.78, 5) is 36.2. The molecule has 2 aromatic carbocycles. The molecule has 1 heterocycles. The number of nitrogens with two attached hydrogens (primary N) is 1. The molecule has 0 spiro atoms. The Morgan fingerprint density at radius 3 is 2.66 bits per heavy atom. The van der Waals surface area contributed by atoms with Crippen molar-refractivity contribution in [1.29, 1.82) is 0 Å². The van der Waals surface area contributed by atoms with Crippen molar-refractivity contribution < 1.29 is 14.4 Å². The Morgan fingerprint density at radius 1 is 1.17 bits per heavy atom. The Kier molecular flexibility index (Phi) is 6.13. The van der Waals surface area contributed by atoms with Crippen molar-refractivity contribution in [1.82, 2.24) is 20.4 Å². The minimum absolute atomic E-state index is 0.0979. The maximum Gasteiger partial charge on any atom is 0.269 e. The summed E-state index contributed by atoms with van der Waals surface area (Å²) in [6, 6.07) is 13.4. The van der Waals surface area contributed by atoms with Gasteiger partial charge in [0, 0.05) is 17.0 Å². The van der Waals surface area contributed by atoms with E-state index in [4.69, 9.17) is 17.3 Å². The quantitative estimate of drug-likeness (QED) is 0.545. The van der Waals surface area contributed by atoms with Crippen molar-refractivity contribution in [2.45, 2.75) is 26.1 Å². The van der Waals surface area contributed by atoms with Crippen LogP contribution in [0.1, 0.15) is 23.0 Å². The summed E-state index contributed by atoms with van der Waals surface area (Å²) in [7, 11) is 0. The highest BCUT2D eigenvalue weighted by Crippen LogP contribution is 2.18. The van der Waals surface area contributed by atoms with Gasteiger partial charge in [-0.2, -0.15) is 5.10 Å². The largest absolute Gasteiger partial charge is 0.364 e. The van der Waals surface area contributed by atoms with Gasteiger partial charge < -0.3 is 16.4 Å². The number of carbonyl (C=O) groups excluding carboxylic acids is 3. The predicted molar refractivity (Wildman–Crippen MR) is 109 cm³/mol. The summed E-state index contributed by atoms with van der Waals surface area (Å²) in [5.74, 6) is -1.42. The van der Waals surface area contributed by atoms with Gasteiger partial charge in [0.2, 0.25) is 11.8 Å². The number of para-hydroxylation sites is 1. The lowest BCUT2D eigenvalue weighted by molar-refractivity contribution is -0.129. The van der Waals surface area contributed by atoms with Gasteiger partial charge >= 0.3 is 0 Å². The Balaban J connectivity index is 1.61. The Hall–Kier alpha value is -3.39. The van der Waals surface area contributed by atoms with Gasteiger partial charge in [-0.25, -0.2) is 0 Å². The van der Waals surface area contributed by atoms with Gasteiger partial charge in [0.05, 0.1) is 5.52 Å². The number of amides is 3. The number of aromatic nitrogens is 2. The molecule has 9 heteroatoms. The highest BCUT2D eigenvalue weighted by Gasteiger charge is 2.19. The van der Waals surface area contributed by atoms with Gasteiger partial charge in [0.15, 0.2) is 5.69 Å². The first-order chi connectivity index (χ1) is 13.8. The molecule has 0 unspecified atom stereocenters. The van der Waals surface area contributed by atoms with Gasteiger partial charge in [-0.15, -0.1) is 0 Å². The van der Waals surface area contributed by atoms with Crippen molar-refractivity contribution in [3.63, 3.8) is 0 Å². The monoisotopic (exact) mass is 413 g/mol. The molecule has 8 nitrogen and oxygen atoms in total. The van der Waals surface area contributed by atoms with Crippen molar-refractivity contribution in [2.75, 3.05) is 0 Å². The van der Waals surface area contributed by atoms with Crippen LogP contribution in [0.25, 0.3) is 10.9 Å². The number of hydrogen-bond donors (Lipinski definition) is 3. The van der Waals surface area contributed by atoms with Gasteiger partial charge in [-0.3, -0.25) is 19.1 Å². The highest BCUT2D eigenvalue weighted by molar-refractivity contribution is 6.30. The smallest absolute Gasteiger partial charge is 0.269 e. The van der Waals surface area contributed by atoms with E-state index in [0.717, 1.165) is 5.56 Å². The molecule has 0 radical (unpaired) electrons. The predicted octanol–water partition coefficient (Wildman–Crippen LogP) is 1.61. The molecule has 1 aromatic heterocycles. The fourth-order valence-electron chi connectivity index (χ4n) is 2.91. The molecule has 3 rings (SSSR count). The fraction of sp³-hybridized carbons (Fsp3) is 0.200. The Labute approximate surface area is 172 Å². The molecule has 3 amide bonds. The first-order valence-electron chi connectivity index (χ1n) is 8.92. The molecule has 0 bridgehead atoms. The van der Waals surface area contributed by atoms with Crippen LogP contribution in [0.4, 0.5) is 0 Å². The number of rotatable bonds is 7. The number of primary amides is 1. The molecular formula is C20H20ClN5O3. The van der Waals surface area contributed by atoms with Crippen LogP contribution in [0.2, 0.25) is 5.02 Å². The van der Waals surface area contributed by atoms with E-state index in [2.05, 4.69) is 15.7 Å². The number of nitrogens with zero attached hydrogens (tertiary/aromatic N) is 2. The molecule has 29 heavy (non-hydrogen) atoms. The zero-order valence-electron chi connectivity index (χ0n) is 15.7.